The van der Waals surface area contributed by atoms with Crippen LogP contribution in [0.4, 0.5) is 0 Å². The van der Waals surface area contributed by atoms with Gasteiger partial charge in [0.05, 0.1) is 19.1 Å². The van der Waals surface area contributed by atoms with Crippen LogP contribution < -0.4 is 37.6 Å². The van der Waals surface area contributed by atoms with Gasteiger partial charge >= 0.3 is 0 Å². The van der Waals surface area contributed by atoms with Crippen LogP contribution >= 0.6 is 0 Å². The number of ether oxygens (including phenoxy) is 2. The van der Waals surface area contributed by atoms with E-state index in [0.29, 0.717) is 38.2 Å². The number of carbonyl (C=O) groups excluding carboxylic acids is 4. The molecule has 9 N–H and O–H groups in total. The number of guanidine groups is 1. The average Bonchev–Trinajstić information content (AvgIpc) is 2.97. The third kappa shape index (κ3) is 12.5. The minimum absolute atomic E-state index is 0.0457. The monoisotopic (exact) mass is 605 g/mol. The highest BCUT2D eigenvalue weighted by Gasteiger charge is 2.36. The van der Waals surface area contributed by atoms with E-state index in [4.69, 9.17) is 20.9 Å². The summed E-state index contributed by atoms with van der Waals surface area (Å²) in [6.45, 7) is 4.98. The van der Waals surface area contributed by atoms with E-state index in [1.54, 1.807) is 17.6 Å². The number of nitrogens with two attached hydrogens (primary N) is 2. The molecule has 0 spiro atoms. The molecule has 4 amide bonds. The lowest BCUT2D eigenvalue weighted by Crippen LogP contribution is -2.56. The molecule has 0 radical (unpaired) electrons. The van der Waals surface area contributed by atoms with Gasteiger partial charge in [0.2, 0.25) is 23.6 Å². The summed E-state index contributed by atoms with van der Waals surface area (Å²) in [6.07, 6.45) is 1.87. The highest BCUT2D eigenvalue weighted by molar-refractivity contribution is 5.94. The molecule has 14 heteroatoms. The lowest BCUT2D eigenvalue weighted by molar-refractivity contribution is -0.142. The summed E-state index contributed by atoms with van der Waals surface area (Å²) in [5.74, 6) is -3.23. The van der Waals surface area contributed by atoms with Crippen molar-refractivity contribution < 1.29 is 33.9 Å². The fourth-order valence-electron chi connectivity index (χ4n) is 4.94. The second-order valence-electron chi connectivity index (χ2n) is 11.0. The number of rotatable bonds is 13. The maximum atomic E-state index is 13.8. The molecule has 3 rings (SSSR count). The Kier molecular flexibility index (Phi) is 15.3. The van der Waals surface area contributed by atoms with E-state index >= 15 is 0 Å². The second kappa shape index (κ2) is 18.6. The molecular weight excluding hydrogens is 558 g/mol. The van der Waals surface area contributed by atoms with E-state index in [1.165, 1.54) is 7.11 Å². The Balaban J connectivity index is 2.38. The topological polar surface area (TPSA) is 219 Å². The van der Waals surface area contributed by atoms with Gasteiger partial charge in [0.15, 0.2) is 5.96 Å². The summed E-state index contributed by atoms with van der Waals surface area (Å²) in [5, 5.41) is 17.8. The number of hydroxylamine groups is 1. The molecule has 2 aliphatic heterocycles. The molecule has 0 saturated heterocycles. The number of aliphatic imine (C=N–C) groups is 1. The van der Waals surface area contributed by atoms with E-state index in [-0.39, 0.29) is 44.2 Å². The van der Waals surface area contributed by atoms with Crippen LogP contribution in [-0.2, 0) is 30.3 Å². The molecule has 240 valence electrons. The zero-order valence-corrected chi connectivity index (χ0v) is 25.3. The quantitative estimate of drug-likeness (QED) is 0.0527. The Bertz CT molecular complexity index is 1080. The zero-order valence-electron chi connectivity index (χ0n) is 25.3. The predicted molar refractivity (Wildman–Crippen MR) is 160 cm³/mol. The number of hydrogen-bond acceptors (Lipinski definition) is 8. The van der Waals surface area contributed by atoms with Crippen molar-refractivity contribution in [3.05, 3.63) is 29.8 Å². The Morgan fingerprint density at radius 2 is 1.91 bits per heavy atom. The largest absolute Gasteiger partial charge is 0.494 e. The number of amides is 4. The third-order valence-corrected chi connectivity index (χ3v) is 7.10. The van der Waals surface area contributed by atoms with Crippen molar-refractivity contribution in [2.75, 3.05) is 33.4 Å². The first kappa shape index (κ1) is 35.3. The number of nitrogens with one attached hydrogen (secondary N) is 4. The van der Waals surface area contributed by atoms with E-state index in [0.717, 1.165) is 5.56 Å². The van der Waals surface area contributed by atoms with Crippen LogP contribution in [0.25, 0.3) is 0 Å². The SMILES string of the molecule is COCCNC(=O)[C@H](CCCN=C(N)N)NC(=O)[C@@H]1Cc2ccc(cc2)OCCC[C@H](C(=O)NO)[C@@H](CC(C)C)C(=O)N1. The Labute approximate surface area is 252 Å². The molecule has 0 aliphatic carbocycles. The maximum Gasteiger partial charge on any atom is 0.247 e. The van der Waals surface area contributed by atoms with E-state index in [9.17, 15) is 24.4 Å². The van der Waals surface area contributed by atoms with Gasteiger partial charge in [-0.25, -0.2) is 5.48 Å². The smallest absolute Gasteiger partial charge is 0.247 e. The van der Waals surface area contributed by atoms with Crippen molar-refractivity contribution >= 4 is 29.6 Å². The molecule has 14 nitrogen and oxygen atoms in total. The van der Waals surface area contributed by atoms with Gasteiger partial charge < -0.3 is 36.9 Å². The van der Waals surface area contributed by atoms with E-state index < -0.39 is 47.5 Å². The number of benzene rings is 1. The Morgan fingerprint density at radius 1 is 1.19 bits per heavy atom. The van der Waals surface area contributed by atoms with Crippen molar-refractivity contribution in [1.29, 1.82) is 0 Å². The van der Waals surface area contributed by atoms with Gasteiger partial charge in [0, 0.05) is 32.5 Å². The highest BCUT2D eigenvalue weighted by atomic mass is 16.5. The summed E-state index contributed by atoms with van der Waals surface area (Å²) in [4.78, 5) is 57.2. The minimum Gasteiger partial charge on any atom is -0.494 e. The number of methoxy groups -OCH3 is 1. The fraction of sp³-hybridized carbons (Fsp3) is 0.621. The van der Waals surface area contributed by atoms with Crippen molar-refractivity contribution in [2.24, 2.45) is 34.2 Å². The van der Waals surface area contributed by atoms with Gasteiger partial charge in [-0.2, -0.15) is 0 Å². The molecule has 0 fully saturated rings. The molecular formula is C29H47N7O7. The molecule has 43 heavy (non-hydrogen) atoms. The number of fused-ring (bicyclic) bond motifs is 11. The van der Waals surface area contributed by atoms with Gasteiger partial charge in [0.1, 0.15) is 17.8 Å². The number of hydrogen-bond donors (Lipinski definition) is 7. The van der Waals surface area contributed by atoms with Crippen LogP contribution in [0.15, 0.2) is 29.3 Å². The van der Waals surface area contributed by atoms with Crippen LogP contribution in [0.1, 0.15) is 51.5 Å². The van der Waals surface area contributed by atoms with E-state index in [2.05, 4.69) is 20.9 Å². The van der Waals surface area contributed by atoms with Gasteiger partial charge in [-0.05, 0) is 55.7 Å². The molecule has 2 heterocycles. The molecule has 0 unspecified atom stereocenters. The Hall–Kier alpha value is -3.91. The van der Waals surface area contributed by atoms with Crippen LogP contribution in [0.2, 0.25) is 0 Å². The molecule has 2 aliphatic rings. The van der Waals surface area contributed by atoms with Gasteiger partial charge in [-0.15, -0.1) is 0 Å². The molecule has 4 atom stereocenters. The first-order valence-corrected chi connectivity index (χ1v) is 14.6. The van der Waals surface area contributed by atoms with Crippen LogP contribution in [0, 0.1) is 17.8 Å². The summed E-state index contributed by atoms with van der Waals surface area (Å²) in [6, 6.07) is 5.16. The zero-order chi connectivity index (χ0) is 31.8. The van der Waals surface area contributed by atoms with E-state index in [1.807, 2.05) is 26.0 Å². The van der Waals surface area contributed by atoms with Crippen LogP contribution in [0.5, 0.6) is 5.75 Å². The first-order chi connectivity index (χ1) is 20.5. The van der Waals surface area contributed by atoms with Crippen molar-refractivity contribution in [3.63, 3.8) is 0 Å². The lowest BCUT2D eigenvalue weighted by atomic mass is 9.81. The van der Waals surface area contributed by atoms with Gasteiger partial charge in [-0.1, -0.05) is 26.0 Å². The summed E-state index contributed by atoms with van der Waals surface area (Å²) in [5.41, 5.74) is 13.3. The van der Waals surface area contributed by atoms with Crippen molar-refractivity contribution in [2.45, 2.75) is 64.5 Å². The van der Waals surface area contributed by atoms with Gasteiger partial charge in [0.25, 0.3) is 0 Å². The number of carbonyl (C=O) groups is 4. The first-order valence-electron chi connectivity index (χ1n) is 14.6. The van der Waals surface area contributed by atoms with Crippen LogP contribution in [-0.4, -0.2) is 80.3 Å². The average molecular weight is 606 g/mol. The highest BCUT2D eigenvalue weighted by Crippen LogP contribution is 2.27. The minimum atomic E-state index is -1.07. The summed E-state index contributed by atoms with van der Waals surface area (Å²) >= 11 is 0. The normalized spacial score (nSPS) is 19.7. The van der Waals surface area contributed by atoms with Crippen molar-refractivity contribution in [1.82, 2.24) is 21.4 Å². The standard InChI is InChI=1S/C29H47N7O7/c1-18(2)16-22-21(26(38)36-41)6-5-14-43-20-10-8-19(9-11-20)17-24(35-25(22)37)28(40)34-23(7-4-12-33-29(30)31)27(39)32-13-15-42-3/h8-11,18,21-24,41H,4-7,12-17H2,1-3H3,(H,32,39)(H,34,40)(H,35,37)(H,36,38)(H4,30,31,33)/t21-,22+,23-,24-/m0/s1. The maximum absolute atomic E-state index is 13.8. The molecule has 2 bridgehead atoms. The molecule has 1 aromatic carbocycles. The molecule has 0 aromatic heterocycles. The van der Waals surface area contributed by atoms with Gasteiger partial charge in [-0.3, -0.25) is 29.4 Å². The number of nitrogens with zero attached hydrogens (tertiary/aromatic N) is 1. The fourth-order valence-corrected chi connectivity index (χ4v) is 4.94. The summed E-state index contributed by atoms with van der Waals surface area (Å²) < 4.78 is 10.8. The lowest BCUT2D eigenvalue weighted by Gasteiger charge is -2.29. The third-order valence-electron chi connectivity index (χ3n) is 7.10. The molecule has 0 saturated carbocycles. The van der Waals surface area contributed by atoms with Crippen molar-refractivity contribution in [3.8, 4) is 5.75 Å². The second-order valence-corrected chi connectivity index (χ2v) is 11.0. The molecule has 1 aromatic rings. The van der Waals surface area contributed by atoms with Crippen LogP contribution in [0.3, 0.4) is 0 Å². The predicted octanol–water partition coefficient (Wildman–Crippen LogP) is -0.0286. The Morgan fingerprint density at radius 3 is 2.53 bits per heavy atom. The summed E-state index contributed by atoms with van der Waals surface area (Å²) in [7, 11) is 1.51.